The number of carbonyl (C=O) groups excluding carboxylic acids is 1. The predicted molar refractivity (Wildman–Crippen MR) is 149 cm³/mol. The Kier molecular flexibility index (Phi) is 7.72. The molecule has 0 saturated carbocycles. The van der Waals surface area contributed by atoms with Gasteiger partial charge in [-0.15, -0.1) is 0 Å². The molecule has 2 fully saturated rings. The van der Waals surface area contributed by atoms with E-state index in [0.29, 0.717) is 18.4 Å². The van der Waals surface area contributed by atoms with Crippen molar-refractivity contribution in [2.24, 2.45) is 0 Å². The second-order valence-electron chi connectivity index (χ2n) is 10.6. The molecule has 0 radical (unpaired) electrons. The topological polar surface area (TPSA) is 61.0 Å². The second kappa shape index (κ2) is 11.2. The summed E-state index contributed by atoms with van der Waals surface area (Å²) in [6.45, 7) is 8.61. The van der Waals surface area contributed by atoms with Gasteiger partial charge in [0.05, 0.1) is 20.8 Å². The number of ether oxygens (including phenoxy) is 2. The lowest BCUT2D eigenvalue weighted by atomic mass is 9.88. The van der Waals surface area contributed by atoms with Crippen LogP contribution in [0, 0.1) is 6.92 Å². The Bertz CT molecular complexity index is 1250. The van der Waals surface area contributed by atoms with Gasteiger partial charge in [0.15, 0.2) is 11.5 Å². The zero-order valence-corrected chi connectivity index (χ0v) is 22.7. The van der Waals surface area contributed by atoms with E-state index in [-0.39, 0.29) is 0 Å². The molecule has 0 bridgehead atoms. The maximum Gasteiger partial charge on any atom is 0.236 e. The Balaban J connectivity index is 1.26. The summed E-state index contributed by atoms with van der Waals surface area (Å²) in [4.78, 5) is 23.4. The van der Waals surface area contributed by atoms with E-state index in [2.05, 4.69) is 57.9 Å². The van der Waals surface area contributed by atoms with Crippen molar-refractivity contribution in [3.8, 4) is 22.8 Å². The zero-order chi connectivity index (χ0) is 25.9. The maximum absolute atomic E-state index is 13.0. The van der Waals surface area contributed by atoms with Crippen LogP contribution in [0.5, 0.6) is 11.5 Å². The molecule has 1 amide bonds. The number of likely N-dealkylation sites (N-methyl/N-ethyl adjacent to an activating group) is 1. The van der Waals surface area contributed by atoms with E-state index in [1.165, 1.54) is 16.5 Å². The monoisotopic (exact) mass is 504 g/mol. The minimum absolute atomic E-state index is 0.291. The first kappa shape index (κ1) is 25.6. The van der Waals surface area contributed by atoms with Crippen molar-refractivity contribution >= 4 is 16.8 Å². The third kappa shape index (κ3) is 5.48. The fourth-order valence-electron chi connectivity index (χ4n) is 5.89. The van der Waals surface area contributed by atoms with Crippen LogP contribution in [0.3, 0.4) is 0 Å². The van der Waals surface area contributed by atoms with Crippen molar-refractivity contribution < 1.29 is 14.3 Å². The van der Waals surface area contributed by atoms with Crippen LogP contribution in [-0.2, 0) is 4.79 Å². The van der Waals surface area contributed by atoms with E-state index >= 15 is 0 Å². The van der Waals surface area contributed by atoms with Gasteiger partial charge in [-0.3, -0.25) is 9.69 Å². The number of likely N-dealkylation sites (tertiary alicyclic amines) is 1. The smallest absolute Gasteiger partial charge is 0.236 e. The number of aromatic amines is 1. The summed E-state index contributed by atoms with van der Waals surface area (Å²) >= 11 is 0. The number of fused-ring (bicyclic) bond motifs is 1. The second-order valence-corrected chi connectivity index (χ2v) is 10.6. The summed E-state index contributed by atoms with van der Waals surface area (Å²) in [5, 5.41) is 1.26. The van der Waals surface area contributed by atoms with Crippen LogP contribution in [0.1, 0.15) is 36.3 Å². The Hall–Kier alpha value is -3.03. The average Bonchev–Trinajstić information content (AvgIpc) is 3.12. The van der Waals surface area contributed by atoms with Gasteiger partial charge in [-0.2, -0.15) is 0 Å². The summed E-state index contributed by atoms with van der Waals surface area (Å²) in [6, 6.07) is 12.8. The van der Waals surface area contributed by atoms with Crippen molar-refractivity contribution in [2.75, 3.05) is 67.1 Å². The van der Waals surface area contributed by atoms with Crippen molar-refractivity contribution in [1.82, 2.24) is 19.7 Å². The largest absolute Gasteiger partial charge is 0.493 e. The Morgan fingerprint density at radius 1 is 0.946 bits per heavy atom. The van der Waals surface area contributed by atoms with Gasteiger partial charge in [-0.25, -0.2) is 0 Å². The molecule has 3 heterocycles. The number of amides is 1. The Morgan fingerprint density at radius 2 is 1.73 bits per heavy atom. The van der Waals surface area contributed by atoms with Crippen LogP contribution in [0.4, 0.5) is 0 Å². The normalized spacial score (nSPS) is 18.2. The highest BCUT2D eigenvalue weighted by atomic mass is 16.5. The molecule has 0 spiro atoms. The maximum atomic E-state index is 13.0. The van der Waals surface area contributed by atoms with Gasteiger partial charge in [0.1, 0.15) is 0 Å². The summed E-state index contributed by atoms with van der Waals surface area (Å²) in [6.07, 6.45) is 3.18. The van der Waals surface area contributed by atoms with Gasteiger partial charge in [0.2, 0.25) is 5.91 Å². The van der Waals surface area contributed by atoms with Crippen LogP contribution < -0.4 is 9.47 Å². The number of carbonyl (C=O) groups is 1. The van der Waals surface area contributed by atoms with Crippen LogP contribution in [-0.4, -0.2) is 92.7 Å². The lowest BCUT2D eigenvalue weighted by Crippen LogP contribution is -2.44. The first-order valence-electron chi connectivity index (χ1n) is 13.5. The Morgan fingerprint density at radius 3 is 2.49 bits per heavy atom. The minimum Gasteiger partial charge on any atom is -0.493 e. The number of piperidine rings is 1. The fraction of sp³-hybridized carbons (Fsp3) is 0.500. The number of aromatic nitrogens is 1. The molecule has 2 aromatic carbocycles. The van der Waals surface area contributed by atoms with Gasteiger partial charge in [-0.1, -0.05) is 6.07 Å². The molecule has 1 aromatic heterocycles. The molecule has 198 valence electrons. The minimum atomic E-state index is 0.291. The molecule has 2 saturated heterocycles. The van der Waals surface area contributed by atoms with Crippen LogP contribution >= 0.6 is 0 Å². The van der Waals surface area contributed by atoms with Crippen LogP contribution in [0.25, 0.3) is 22.2 Å². The molecule has 2 aliphatic heterocycles. The van der Waals surface area contributed by atoms with Gasteiger partial charge < -0.3 is 24.3 Å². The number of nitrogens with one attached hydrogen (secondary N) is 1. The summed E-state index contributed by atoms with van der Waals surface area (Å²) in [5.74, 6) is 2.23. The standard InChI is InChI=1S/C30H40N4O3/c1-21-25-18-23(6-8-26(25)31-30(21)24-7-9-27(36-3)28(19-24)37-4)22-10-14-34(15-11-22)29(35)20-33-13-5-12-32(2)16-17-33/h6-9,18-19,22,31H,5,10-17,20H2,1-4H3. The zero-order valence-electron chi connectivity index (χ0n) is 22.7. The molecule has 0 aliphatic carbocycles. The fourth-order valence-corrected chi connectivity index (χ4v) is 5.89. The number of rotatable bonds is 6. The van der Waals surface area contributed by atoms with Crippen LogP contribution in [0.2, 0.25) is 0 Å². The SMILES string of the molecule is COc1ccc(-c2[nH]c3ccc(C4CCN(C(=O)CN5CCCN(C)CC5)CC4)cc3c2C)cc1OC. The van der Waals surface area contributed by atoms with Gasteiger partial charge >= 0.3 is 0 Å². The van der Waals surface area contributed by atoms with Gasteiger partial charge in [0, 0.05) is 48.3 Å². The van der Waals surface area contributed by atoms with E-state index in [1.54, 1.807) is 14.2 Å². The highest BCUT2D eigenvalue weighted by Gasteiger charge is 2.26. The number of methoxy groups -OCH3 is 2. The molecule has 7 heteroatoms. The molecule has 37 heavy (non-hydrogen) atoms. The molecular weight excluding hydrogens is 464 g/mol. The predicted octanol–water partition coefficient (Wildman–Crippen LogP) is 4.50. The van der Waals surface area contributed by atoms with Gasteiger partial charge in [-0.05, 0) is 93.7 Å². The van der Waals surface area contributed by atoms with E-state index in [9.17, 15) is 4.79 Å². The molecule has 1 N–H and O–H groups in total. The van der Waals surface area contributed by atoms with Crippen LogP contribution in [0.15, 0.2) is 36.4 Å². The van der Waals surface area contributed by atoms with E-state index in [4.69, 9.17) is 9.47 Å². The summed E-state index contributed by atoms with van der Waals surface area (Å²) < 4.78 is 10.9. The Labute approximate surface area is 220 Å². The molecule has 0 unspecified atom stereocenters. The number of benzene rings is 2. The number of aryl methyl sites for hydroxylation is 1. The van der Waals surface area contributed by atoms with E-state index in [1.807, 2.05) is 12.1 Å². The third-order valence-corrected chi connectivity index (χ3v) is 8.24. The molecule has 2 aliphatic rings. The van der Waals surface area contributed by atoms with Gasteiger partial charge in [0.25, 0.3) is 0 Å². The van der Waals surface area contributed by atoms with E-state index in [0.717, 1.165) is 86.8 Å². The lowest BCUT2D eigenvalue weighted by molar-refractivity contribution is -0.133. The van der Waals surface area contributed by atoms with Crippen molar-refractivity contribution in [2.45, 2.75) is 32.1 Å². The summed E-state index contributed by atoms with van der Waals surface area (Å²) in [5.41, 5.74) is 5.93. The van der Waals surface area contributed by atoms with Crippen molar-refractivity contribution in [3.63, 3.8) is 0 Å². The summed E-state index contributed by atoms with van der Waals surface area (Å²) in [7, 11) is 5.49. The highest BCUT2D eigenvalue weighted by molar-refractivity contribution is 5.91. The first-order chi connectivity index (χ1) is 18.0. The first-order valence-corrected chi connectivity index (χ1v) is 13.5. The molecule has 5 rings (SSSR count). The molecule has 0 atom stereocenters. The van der Waals surface area contributed by atoms with Crippen molar-refractivity contribution in [1.29, 1.82) is 0 Å². The lowest BCUT2D eigenvalue weighted by Gasteiger charge is -2.33. The molecule has 7 nitrogen and oxygen atoms in total. The third-order valence-electron chi connectivity index (χ3n) is 8.24. The molecular formula is C30H40N4O3. The van der Waals surface area contributed by atoms with E-state index < -0.39 is 0 Å². The number of hydrogen-bond donors (Lipinski definition) is 1. The van der Waals surface area contributed by atoms with Crippen molar-refractivity contribution in [3.05, 3.63) is 47.5 Å². The number of H-pyrrole nitrogens is 1. The average molecular weight is 505 g/mol. The number of nitrogens with zero attached hydrogens (tertiary/aromatic N) is 3. The number of hydrogen-bond acceptors (Lipinski definition) is 5. The highest BCUT2D eigenvalue weighted by Crippen LogP contribution is 2.37. The molecule has 3 aromatic rings. The quantitative estimate of drug-likeness (QED) is 0.536.